The zero-order valence-corrected chi connectivity index (χ0v) is 16.8. The van der Waals surface area contributed by atoms with Gasteiger partial charge in [-0.3, -0.25) is 0 Å². The van der Waals surface area contributed by atoms with E-state index in [9.17, 15) is 9.59 Å². The minimum absolute atomic E-state index is 0.0838. The smallest absolute Gasteiger partial charge is 0.331 e. The lowest BCUT2D eigenvalue weighted by Crippen LogP contribution is -2.17. The molecule has 25 heavy (non-hydrogen) atoms. The van der Waals surface area contributed by atoms with Crippen molar-refractivity contribution in [3.05, 3.63) is 12.2 Å². The van der Waals surface area contributed by atoms with Crippen molar-refractivity contribution in [1.82, 2.24) is 0 Å². The van der Waals surface area contributed by atoms with Gasteiger partial charge in [0, 0.05) is 12.2 Å². The molecule has 0 aliphatic rings. The Morgan fingerprint density at radius 3 is 1.64 bits per heavy atom. The predicted octanol–water partition coefficient (Wildman–Crippen LogP) is 5.60. The maximum Gasteiger partial charge on any atom is 0.331 e. The molecule has 0 rings (SSSR count). The molecule has 0 amide bonds. The average Bonchev–Trinajstić information content (AvgIpc) is 2.55. The van der Waals surface area contributed by atoms with Crippen LogP contribution >= 0.6 is 0 Å². The van der Waals surface area contributed by atoms with Crippen LogP contribution in [0.25, 0.3) is 0 Å². The van der Waals surface area contributed by atoms with Gasteiger partial charge in [-0.2, -0.15) is 0 Å². The van der Waals surface area contributed by atoms with Crippen LogP contribution in [0.15, 0.2) is 12.2 Å². The quantitative estimate of drug-likeness (QED) is 0.231. The van der Waals surface area contributed by atoms with Gasteiger partial charge in [-0.15, -0.1) is 0 Å². The fourth-order valence-corrected chi connectivity index (χ4v) is 2.28. The first-order chi connectivity index (χ1) is 11.8. The molecule has 4 heteroatoms. The highest BCUT2D eigenvalue weighted by Crippen LogP contribution is 2.13. The van der Waals surface area contributed by atoms with Crippen molar-refractivity contribution in [1.29, 1.82) is 0 Å². The van der Waals surface area contributed by atoms with E-state index in [0.717, 1.165) is 25.0 Å². The Labute approximate surface area is 154 Å². The average molecular weight is 355 g/mol. The van der Waals surface area contributed by atoms with Gasteiger partial charge in [-0.05, 0) is 11.8 Å². The van der Waals surface area contributed by atoms with E-state index in [0.29, 0.717) is 13.2 Å². The number of ether oxygens (including phenoxy) is 2. The third-order valence-corrected chi connectivity index (χ3v) is 3.75. The Bertz CT molecular complexity index is 380. The van der Waals surface area contributed by atoms with Crippen LogP contribution in [0.2, 0.25) is 0 Å². The van der Waals surface area contributed by atoms with E-state index in [1.165, 1.54) is 51.4 Å². The van der Waals surface area contributed by atoms with Crippen molar-refractivity contribution in [2.24, 2.45) is 5.41 Å². The summed E-state index contributed by atoms with van der Waals surface area (Å²) in [5.74, 6) is -0.991. The molecule has 0 saturated carbocycles. The fourth-order valence-electron chi connectivity index (χ4n) is 2.28. The van der Waals surface area contributed by atoms with Gasteiger partial charge in [0.15, 0.2) is 0 Å². The minimum atomic E-state index is -0.509. The second-order valence-corrected chi connectivity index (χ2v) is 7.85. The van der Waals surface area contributed by atoms with Gasteiger partial charge < -0.3 is 9.47 Å². The first-order valence-corrected chi connectivity index (χ1v) is 9.87. The first-order valence-electron chi connectivity index (χ1n) is 9.87. The Morgan fingerprint density at radius 2 is 1.16 bits per heavy atom. The lowest BCUT2D eigenvalue weighted by Gasteiger charge is -2.16. The molecule has 0 aliphatic heterocycles. The van der Waals surface area contributed by atoms with Crippen LogP contribution in [-0.4, -0.2) is 25.2 Å². The fraction of sp³-hybridized carbons (Fsp3) is 0.810. The molecule has 0 aromatic rings. The summed E-state index contributed by atoms with van der Waals surface area (Å²) in [5, 5.41) is 0. The van der Waals surface area contributed by atoms with Crippen molar-refractivity contribution in [3.8, 4) is 0 Å². The third-order valence-electron chi connectivity index (χ3n) is 3.75. The lowest BCUT2D eigenvalue weighted by atomic mass is 9.99. The van der Waals surface area contributed by atoms with Crippen LogP contribution < -0.4 is 0 Å². The van der Waals surface area contributed by atoms with Crippen LogP contribution in [0, 0.1) is 5.41 Å². The molecule has 0 aromatic heterocycles. The summed E-state index contributed by atoms with van der Waals surface area (Å²) in [6, 6.07) is 0. The molecule has 0 spiro atoms. The monoisotopic (exact) mass is 354 g/mol. The lowest BCUT2D eigenvalue weighted by molar-refractivity contribution is -0.142. The standard InChI is InChI=1S/C21H38O4/c1-5-6-7-8-9-10-11-12-13-14-17-24-19(22)15-16-20(23)25-18-21(2,3)4/h15-16H,5-14,17-18H2,1-4H3/b16-15+. The first kappa shape index (κ1) is 23.7. The van der Waals surface area contributed by atoms with Crippen LogP contribution in [-0.2, 0) is 19.1 Å². The molecule has 0 fully saturated rings. The van der Waals surface area contributed by atoms with Gasteiger partial charge in [0.25, 0.3) is 0 Å². The molecule has 0 aliphatic carbocycles. The third kappa shape index (κ3) is 18.9. The Kier molecular flexibility index (Phi) is 14.2. The largest absolute Gasteiger partial charge is 0.463 e. The maximum atomic E-state index is 11.5. The normalized spacial score (nSPS) is 11.7. The number of carbonyl (C=O) groups excluding carboxylic acids is 2. The topological polar surface area (TPSA) is 52.6 Å². The summed E-state index contributed by atoms with van der Waals surface area (Å²) in [5.41, 5.74) is -0.0838. The minimum Gasteiger partial charge on any atom is -0.463 e. The Balaban J connectivity index is 3.49. The number of hydrogen-bond donors (Lipinski definition) is 0. The van der Waals surface area contributed by atoms with E-state index in [1.54, 1.807) is 0 Å². The van der Waals surface area contributed by atoms with Crippen LogP contribution in [0.5, 0.6) is 0 Å². The molecule has 0 saturated heterocycles. The summed E-state index contributed by atoms with van der Waals surface area (Å²) in [7, 11) is 0. The van der Waals surface area contributed by atoms with E-state index in [1.807, 2.05) is 20.8 Å². The number of unbranched alkanes of at least 4 members (excludes halogenated alkanes) is 9. The molecule has 0 radical (unpaired) electrons. The zero-order chi connectivity index (χ0) is 19.0. The molecule has 4 nitrogen and oxygen atoms in total. The van der Waals surface area contributed by atoms with Gasteiger partial charge in [0.05, 0.1) is 13.2 Å². The van der Waals surface area contributed by atoms with E-state index in [4.69, 9.17) is 9.47 Å². The molecule has 0 heterocycles. The van der Waals surface area contributed by atoms with Crippen LogP contribution in [0.4, 0.5) is 0 Å². The second kappa shape index (κ2) is 15.0. The van der Waals surface area contributed by atoms with Gasteiger partial charge in [0.2, 0.25) is 0 Å². The summed E-state index contributed by atoms with van der Waals surface area (Å²) in [4.78, 5) is 22.9. The van der Waals surface area contributed by atoms with Gasteiger partial charge in [0.1, 0.15) is 0 Å². The highest BCUT2D eigenvalue weighted by Gasteiger charge is 2.12. The molecule has 0 bridgehead atoms. The SMILES string of the molecule is CCCCCCCCCCCCOC(=O)/C=C/C(=O)OCC(C)(C)C. The summed E-state index contributed by atoms with van der Waals surface area (Å²) in [6.07, 6.45) is 14.7. The molecular formula is C21H38O4. The van der Waals surface area contributed by atoms with Crippen LogP contribution in [0.1, 0.15) is 91.9 Å². The molecule has 146 valence electrons. The number of hydrogen-bond acceptors (Lipinski definition) is 4. The molecular weight excluding hydrogens is 316 g/mol. The van der Waals surface area contributed by atoms with E-state index in [-0.39, 0.29) is 5.41 Å². The van der Waals surface area contributed by atoms with Crippen molar-refractivity contribution < 1.29 is 19.1 Å². The summed E-state index contributed by atoms with van der Waals surface area (Å²) in [6.45, 7) is 8.90. The second-order valence-electron chi connectivity index (χ2n) is 7.85. The molecule has 0 N–H and O–H groups in total. The molecule has 0 unspecified atom stereocenters. The van der Waals surface area contributed by atoms with Gasteiger partial charge in [-0.1, -0.05) is 85.5 Å². The van der Waals surface area contributed by atoms with Crippen molar-refractivity contribution >= 4 is 11.9 Å². The summed E-state index contributed by atoms with van der Waals surface area (Å²) >= 11 is 0. The Hall–Kier alpha value is -1.32. The van der Waals surface area contributed by atoms with E-state index >= 15 is 0 Å². The molecule has 0 aromatic carbocycles. The number of esters is 2. The van der Waals surface area contributed by atoms with Crippen molar-refractivity contribution in [3.63, 3.8) is 0 Å². The number of rotatable bonds is 14. The maximum absolute atomic E-state index is 11.5. The highest BCUT2D eigenvalue weighted by molar-refractivity contribution is 5.91. The zero-order valence-electron chi connectivity index (χ0n) is 16.8. The van der Waals surface area contributed by atoms with E-state index < -0.39 is 11.9 Å². The highest BCUT2D eigenvalue weighted by atomic mass is 16.5. The van der Waals surface area contributed by atoms with Crippen LogP contribution in [0.3, 0.4) is 0 Å². The van der Waals surface area contributed by atoms with Gasteiger partial charge in [-0.25, -0.2) is 9.59 Å². The molecule has 0 atom stereocenters. The van der Waals surface area contributed by atoms with Gasteiger partial charge >= 0.3 is 11.9 Å². The van der Waals surface area contributed by atoms with Crippen molar-refractivity contribution in [2.75, 3.05) is 13.2 Å². The van der Waals surface area contributed by atoms with Crippen molar-refractivity contribution in [2.45, 2.75) is 91.9 Å². The van der Waals surface area contributed by atoms with E-state index in [2.05, 4.69) is 6.92 Å². The summed E-state index contributed by atoms with van der Waals surface area (Å²) < 4.78 is 10.1. The Morgan fingerprint density at radius 1 is 0.720 bits per heavy atom. The number of carbonyl (C=O) groups is 2. The predicted molar refractivity (Wildman–Crippen MR) is 102 cm³/mol.